The van der Waals surface area contributed by atoms with Crippen molar-refractivity contribution in [2.75, 3.05) is 33.2 Å². The van der Waals surface area contributed by atoms with E-state index in [4.69, 9.17) is 4.18 Å². The van der Waals surface area contributed by atoms with Crippen LogP contribution in [0.5, 0.6) is 17.4 Å². The molecule has 0 radical (unpaired) electrons. The molecule has 2 aromatic carbocycles. The van der Waals surface area contributed by atoms with E-state index in [1.807, 2.05) is 11.9 Å². The van der Waals surface area contributed by atoms with Crippen LogP contribution in [0.15, 0.2) is 48.8 Å². The number of halogens is 1. The molecule has 9 nitrogen and oxygen atoms in total. The second-order valence-electron chi connectivity index (χ2n) is 8.32. The van der Waals surface area contributed by atoms with Crippen molar-refractivity contribution in [1.29, 1.82) is 0 Å². The minimum absolute atomic E-state index is 0.0249. The van der Waals surface area contributed by atoms with Crippen molar-refractivity contribution in [3.05, 3.63) is 60.2 Å². The fraction of sp³-hybridized carbons (Fsp3) is 0.261. The van der Waals surface area contributed by atoms with Crippen LogP contribution >= 0.6 is 0 Å². The van der Waals surface area contributed by atoms with E-state index in [1.54, 1.807) is 24.3 Å². The molecular formula is C23H23FN4O5S. The molecule has 0 spiro atoms. The summed E-state index contributed by atoms with van der Waals surface area (Å²) < 4.78 is 47.9. The summed E-state index contributed by atoms with van der Waals surface area (Å²) in [5, 5.41) is 22.4. The predicted molar refractivity (Wildman–Crippen MR) is 125 cm³/mol. The lowest BCUT2D eigenvalue weighted by Crippen LogP contribution is -2.48. The molecule has 178 valence electrons. The van der Waals surface area contributed by atoms with Crippen LogP contribution in [0.3, 0.4) is 0 Å². The Kier molecular flexibility index (Phi) is 5.54. The van der Waals surface area contributed by atoms with Gasteiger partial charge in [0.25, 0.3) is 0 Å². The monoisotopic (exact) mass is 486 g/mol. The number of aromatic nitrogens is 2. The van der Waals surface area contributed by atoms with Crippen LogP contribution in [0.1, 0.15) is 5.56 Å². The molecule has 0 saturated carbocycles. The Labute approximate surface area is 195 Å². The molecule has 0 aliphatic carbocycles. The third kappa shape index (κ3) is 3.91. The molecular weight excluding hydrogens is 463 g/mol. The molecule has 34 heavy (non-hydrogen) atoms. The largest absolute Gasteiger partial charge is 0.505 e. The van der Waals surface area contributed by atoms with Crippen molar-refractivity contribution in [2.24, 2.45) is 0 Å². The highest BCUT2D eigenvalue weighted by molar-refractivity contribution is 7.84. The van der Waals surface area contributed by atoms with Crippen LogP contribution in [-0.4, -0.2) is 70.6 Å². The zero-order valence-electron chi connectivity index (χ0n) is 18.3. The highest BCUT2D eigenvalue weighted by Crippen LogP contribution is 2.46. The molecule has 0 atom stereocenters. The van der Waals surface area contributed by atoms with Crippen molar-refractivity contribution in [3.8, 4) is 17.4 Å². The van der Waals surface area contributed by atoms with Crippen molar-refractivity contribution < 1.29 is 27.2 Å². The summed E-state index contributed by atoms with van der Waals surface area (Å²) in [6.45, 7) is 1.88. The van der Waals surface area contributed by atoms with Gasteiger partial charge in [0.1, 0.15) is 11.3 Å². The van der Waals surface area contributed by atoms with Gasteiger partial charge in [0.05, 0.1) is 17.3 Å². The summed E-state index contributed by atoms with van der Waals surface area (Å²) in [6, 6.07) is 8.98. The van der Waals surface area contributed by atoms with Gasteiger partial charge in [-0.3, -0.25) is 4.98 Å². The number of phenolic OH excluding ortho intramolecular Hbond substituents is 1. The highest BCUT2D eigenvalue weighted by atomic mass is 32.2. The summed E-state index contributed by atoms with van der Waals surface area (Å²) in [5.74, 6) is -0.982. The molecule has 0 bridgehead atoms. The van der Waals surface area contributed by atoms with Gasteiger partial charge in [-0.05, 0) is 36.9 Å². The molecule has 3 heterocycles. The number of hydrogen-bond acceptors (Lipinski definition) is 7. The van der Waals surface area contributed by atoms with Gasteiger partial charge in [-0.25, -0.2) is 4.39 Å². The van der Waals surface area contributed by atoms with Crippen molar-refractivity contribution in [2.45, 2.75) is 6.54 Å². The molecule has 11 heteroatoms. The Bertz CT molecular complexity index is 1480. The minimum Gasteiger partial charge on any atom is -0.505 e. The number of piperazine rings is 1. The second-order valence-corrected chi connectivity index (χ2v) is 9.85. The Morgan fingerprint density at radius 2 is 1.76 bits per heavy atom. The Morgan fingerprint density at radius 1 is 1.06 bits per heavy atom. The first-order valence-electron chi connectivity index (χ1n) is 10.7. The van der Waals surface area contributed by atoms with Crippen LogP contribution in [0, 0.1) is 5.82 Å². The predicted octanol–water partition coefficient (Wildman–Crippen LogP) is 2.66. The first kappa shape index (κ1) is 22.4. The topological polar surface area (TPSA) is 108 Å². The molecule has 1 saturated heterocycles. The minimum atomic E-state index is -4.16. The summed E-state index contributed by atoms with van der Waals surface area (Å²) in [5.41, 5.74) is 0.806. The van der Waals surface area contributed by atoms with Crippen molar-refractivity contribution >= 4 is 32.0 Å². The Hall–Kier alpha value is -3.41. The van der Waals surface area contributed by atoms with E-state index in [9.17, 15) is 23.0 Å². The van der Waals surface area contributed by atoms with Gasteiger partial charge in [-0.1, -0.05) is 12.1 Å². The lowest BCUT2D eigenvalue weighted by Gasteiger charge is -2.30. The van der Waals surface area contributed by atoms with Crippen LogP contribution in [0.2, 0.25) is 0 Å². The number of aromatic hydroxyl groups is 2. The van der Waals surface area contributed by atoms with E-state index in [1.165, 1.54) is 33.4 Å². The maximum absolute atomic E-state index is 13.3. The summed E-state index contributed by atoms with van der Waals surface area (Å²) in [7, 11) is -2.24. The zero-order chi connectivity index (χ0) is 24.0. The lowest BCUT2D eigenvalue weighted by molar-refractivity contribution is 0.212. The van der Waals surface area contributed by atoms with Gasteiger partial charge < -0.3 is 23.9 Å². The molecule has 1 aliphatic rings. The fourth-order valence-electron chi connectivity index (χ4n) is 4.16. The number of rotatable bonds is 5. The molecule has 0 unspecified atom stereocenters. The van der Waals surface area contributed by atoms with Crippen LogP contribution in [0.4, 0.5) is 4.39 Å². The van der Waals surface area contributed by atoms with Gasteiger partial charge in [0, 0.05) is 44.0 Å². The third-order valence-corrected chi connectivity index (χ3v) is 7.42. The Balaban J connectivity index is 1.65. The third-order valence-electron chi connectivity index (χ3n) is 6.04. The van der Waals surface area contributed by atoms with Gasteiger partial charge in [0.2, 0.25) is 5.88 Å². The fourth-order valence-corrected chi connectivity index (χ4v) is 5.26. The number of fused-ring (bicyclic) bond motifs is 2. The number of phenols is 1. The molecule has 0 amide bonds. The second kappa shape index (κ2) is 8.42. The number of benzene rings is 2. The molecule has 4 aromatic rings. The summed E-state index contributed by atoms with van der Waals surface area (Å²) in [4.78, 5) is 6.21. The van der Waals surface area contributed by atoms with Crippen molar-refractivity contribution in [1.82, 2.24) is 18.8 Å². The zero-order valence-corrected chi connectivity index (χ0v) is 19.2. The van der Waals surface area contributed by atoms with E-state index in [-0.39, 0.29) is 59.1 Å². The molecule has 1 fully saturated rings. The number of hydrogen-bond donors (Lipinski definition) is 2. The smallest absolute Gasteiger partial charge is 0.385 e. The van der Waals surface area contributed by atoms with E-state index < -0.39 is 10.3 Å². The highest BCUT2D eigenvalue weighted by Gasteiger charge is 2.31. The SMILES string of the molecule is CN1CCN(S(=O)(=O)Oc2c3cccnc3c(O)c3c(O)n(Cc4ccc(F)cc4)cc23)CC1. The van der Waals surface area contributed by atoms with Crippen LogP contribution < -0.4 is 4.18 Å². The van der Waals surface area contributed by atoms with E-state index in [0.717, 1.165) is 0 Å². The van der Waals surface area contributed by atoms with E-state index >= 15 is 0 Å². The number of pyridine rings is 1. The average molecular weight is 487 g/mol. The summed E-state index contributed by atoms with van der Waals surface area (Å²) >= 11 is 0. The van der Waals surface area contributed by atoms with Crippen molar-refractivity contribution in [3.63, 3.8) is 0 Å². The number of nitrogens with zero attached hydrogens (tertiary/aromatic N) is 4. The first-order valence-corrected chi connectivity index (χ1v) is 12.0. The maximum atomic E-state index is 13.3. The number of likely N-dealkylation sites (N-methyl/N-ethyl adjacent to an activating group) is 1. The maximum Gasteiger partial charge on any atom is 0.385 e. The van der Waals surface area contributed by atoms with Crippen LogP contribution in [-0.2, 0) is 16.8 Å². The molecule has 5 rings (SSSR count). The first-order chi connectivity index (χ1) is 16.2. The van der Waals surface area contributed by atoms with Gasteiger partial charge in [-0.2, -0.15) is 12.7 Å². The Morgan fingerprint density at radius 3 is 2.47 bits per heavy atom. The average Bonchev–Trinajstić information content (AvgIpc) is 3.14. The molecule has 2 aromatic heterocycles. The van der Waals surface area contributed by atoms with Gasteiger partial charge in [0.15, 0.2) is 11.5 Å². The van der Waals surface area contributed by atoms with Gasteiger partial charge >= 0.3 is 10.3 Å². The van der Waals surface area contributed by atoms with E-state index in [2.05, 4.69) is 4.98 Å². The summed E-state index contributed by atoms with van der Waals surface area (Å²) in [6.07, 6.45) is 2.97. The molecule has 2 N–H and O–H groups in total. The standard InChI is InChI=1S/C23H23FN4O5S/c1-26-9-11-28(12-10-26)34(31,32)33-22-17-3-2-8-25-20(17)21(29)19-18(22)14-27(23(19)30)13-15-4-6-16(24)7-5-15/h2-8,14,29-30H,9-13H2,1H3. The van der Waals surface area contributed by atoms with E-state index in [0.29, 0.717) is 24.0 Å². The lowest BCUT2D eigenvalue weighted by atomic mass is 10.1. The molecule has 1 aliphatic heterocycles. The van der Waals surface area contributed by atoms with Crippen LogP contribution in [0.25, 0.3) is 21.7 Å². The normalized spacial score (nSPS) is 15.8. The van der Waals surface area contributed by atoms with Gasteiger partial charge in [-0.15, -0.1) is 0 Å². The quantitative estimate of drug-likeness (QED) is 0.447.